The number of aromatic nitrogens is 4. The molecule has 0 aliphatic heterocycles. The van der Waals surface area contributed by atoms with Crippen molar-refractivity contribution >= 4 is 92.9 Å². The molecule has 5 heteroatoms. The van der Waals surface area contributed by atoms with Gasteiger partial charge in [0.05, 0.1) is 38.6 Å². The maximum absolute atomic E-state index is 6.42. The van der Waals surface area contributed by atoms with Gasteiger partial charge in [-0.3, -0.25) is 4.57 Å². The maximum Gasteiger partial charge on any atom is 0.165 e. The molecule has 5 heterocycles. The molecule has 55 heavy (non-hydrogen) atoms. The Kier molecular flexibility index (Phi) is 5.57. The van der Waals surface area contributed by atoms with E-state index in [9.17, 15) is 0 Å². The molecule has 0 aliphatic carbocycles. The Bertz CT molecular complexity index is 3720. The van der Waals surface area contributed by atoms with Crippen LogP contribution >= 0.6 is 0 Å². The van der Waals surface area contributed by atoms with Crippen molar-refractivity contribution in [2.75, 3.05) is 0 Å². The van der Waals surface area contributed by atoms with E-state index in [2.05, 4.69) is 148 Å². The van der Waals surface area contributed by atoms with E-state index in [1.54, 1.807) is 0 Å². The van der Waals surface area contributed by atoms with Crippen LogP contribution in [0.15, 0.2) is 174 Å². The molecule has 0 amide bonds. The molecule has 8 aromatic carbocycles. The molecule has 13 rings (SSSR count). The van der Waals surface area contributed by atoms with Gasteiger partial charge in [0, 0.05) is 48.8 Å². The number of nitrogens with zero attached hydrogens (tertiary/aromatic N) is 4. The molecule has 0 saturated heterocycles. The third-order valence-corrected chi connectivity index (χ3v) is 11.7. The first kappa shape index (κ1) is 29.0. The predicted molar refractivity (Wildman–Crippen MR) is 227 cm³/mol. The van der Waals surface area contributed by atoms with Crippen LogP contribution in [0.2, 0.25) is 0 Å². The number of hydrogen-bond acceptors (Lipinski definition) is 3. The molecule has 0 N–H and O–H groups in total. The van der Waals surface area contributed by atoms with E-state index in [0.29, 0.717) is 0 Å². The van der Waals surface area contributed by atoms with Crippen LogP contribution in [0.4, 0.5) is 0 Å². The van der Waals surface area contributed by atoms with E-state index in [0.717, 1.165) is 72.2 Å². The third-order valence-electron chi connectivity index (χ3n) is 11.7. The molecule has 13 aromatic rings. The lowest BCUT2D eigenvalue weighted by Gasteiger charge is -2.14. The Morgan fingerprint density at radius 2 is 0.982 bits per heavy atom. The van der Waals surface area contributed by atoms with Gasteiger partial charge in [-0.25, -0.2) is 9.97 Å². The van der Waals surface area contributed by atoms with Crippen LogP contribution in [0.3, 0.4) is 0 Å². The van der Waals surface area contributed by atoms with Gasteiger partial charge in [0.1, 0.15) is 16.9 Å². The summed E-state index contributed by atoms with van der Waals surface area (Å²) in [5, 5.41) is 9.66. The van der Waals surface area contributed by atoms with Crippen molar-refractivity contribution in [2.24, 2.45) is 0 Å². The van der Waals surface area contributed by atoms with Crippen molar-refractivity contribution in [3.63, 3.8) is 0 Å². The van der Waals surface area contributed by atoms with Crippen LogP contribution in [0.5, 0.6) is 0 Å². The summed E-state index contributed by atoms with van der Waals surface area (Å²) in [5.74, 6) is 0.802. The standard InChI is InChI=1S/C50H28N4O/c1-5-20-40-32(11-1)35-15-8-16-36-34-14-9-21-41-45(34)46-42(53(40)48(35)36)22-10-23-43(46)54(41)50-47(51-38-18-3-4-19-39(38)52-50)30-27-25-29(26-28-30)31-13-7-17-37-33-12-2-6-24-44(33)55-49(31)37/h1-28H. The highest BCUT2D eigenvalue weighted by Crippen LogP contribution is 2.45. The number of fused-ring (bicyclic) bond motifs is 9. The first-order chi connectivity index (χ1) is 27.3. The van der Waals surface area contributed by atoms with Gasteiger partial charge in [-0.15, -0.1) is 0 Å². The zero-order valence-electron chi connectivity index (χ0n) is 29.4. The van der Waals surface area contributed by atoms with Crippen LogP contribution in [-0.4, -0.2) is 18.9 Å². The molecule has 0 atom stereocenters. The zero-order valence-corrected chi connectivity index (χ0v) is 29.4. The van der Waals surface area contributed by atoms with Crippen molar-refractivity contribution in [2.45, 2.75) is 0 Å². The summed E-state index contributed by atoms with van der Waals surface area (Å²) < 4.78 is 11.2. The first-order valence-corrected chi connectivity index (χ1v) is 18.7. The Hall–Kier alpha value is -7.50. The fourth-order valence-corrected chi connectivity index (χ4v) is 9.34. The molecule has 5 nitrogen and oxygen atoms in total. The van der Waals surface area contributed by atoms with Crippen molar-refractivity contribution in [1.29, 1.82) is 0 Å². The minimum absolute atomic E-state index is 0.802. The molecule has 254 valence electrons. The highest BCUT2D eigenvalue weighted by Gasteiger charge is 2.24. The summed E-state index contributed by atoms with van der Waals surface area (Å²) in [6, 6.07) is 60.4. The molecule has 5 aromatic heterocycles. The van der Waals surface area contributed by atoms with Crippen LogP contribution in [-0.2, 0) is 0 Å². The molecule has 0 saturated carbocycles. The van der Waals surface area contributed by atoms with Gasteiger partial charge in [-0.1, -0.05) is 127 Å². The number of furan rings is 1. The summed E-state index contributed by atoms with van der Waals surface area (Å²) >= 11 is 0. The monoisotopic (exact) mass is 700 g/mol. The fourth-order valence-electron chi connectivity index (χ4n) is 9.34. The summed E-state index contributed by atoms with van der Waals surface area (Å²) in [4.78, 5) is 10.8. The molecule has 0 radical (unpaired) electrons. The second-order valence-electron chi connectivity index (χ2n) is 14.5. The normalized spacial score (nSPS) is 12.4. The van der Waals surface area contributed by atoms with E-state index < -0.39 is 0 Å². The highest BCUT2D eigenvalue weighted by atomic mass is 16.3. The number of benzene rings is 8. The number of para-hydroxylation sites is 6. The van der Waals surface area contributed by atoms with Gasteiger partial charge < -0.3 is 8.82 Å². The lowest BCUT2D eigenvalue weighted by Crippen LogP contribution is -2.03. The fraction of sp³-hybridized carbons (Fsp3) is 0. The topological polar surface area (TPSA) is 48.3 Å². The Morgan fingerprint density at radius 3 is 1.85 bits per heavy atom. The van der Waals surface area contributed by atoms with Gasteiger partial charge in [-0.2, -0.15) is 0 Å². The van der Waals surface area contributed by atoms with E-state index in [-0.39, 0.29) is 0 Å². The predicted octanol–water partition coefficient (Wildman–Crippen LogP) is 13.1. The van der Waals surface area contributed by atoms with Crippen LogP contribution < -0.4 is 0 Å². The molecule has 0 fully saturated rings. The second kappa shape index (κ2) is 10.6. The Labute approximate surface area is 313 Å². The molecule has 0 bridgehead atoms. The lowest BCUT2D eigenvalue weighted by molar-refractivity contribution is 0.670. The lowest BCUT2D eigenvalue weighted by atomic mass is 10.00. The van der Waals surface area contributed by atoms with E-state index in [1.807, 2.05) is 30.3 Å². The van der Waals surface area contributed by atoms with Gasteiger partial charge >= 0.3 is 0 Å². The van der Waals surface area contributed by atoms with Gasteiger partial charge in [0.2, 0.25) is 0 Å². The van der Waals surface area contributed by atoms with Crippen molar-refractivity contribution in [1.82, 2.24) is 18.9 Å². The Morgan fingerprint density at radius 1 is 0.400 bits per heavy atom. The highest BCUT2D eigenvalue weighted by molar-refractivity contribution is 6.31. The number of hydrogen-bond donors (Lipinski definition) is 0. The van der Waals surface area contributed by atoms with Gasteiger partial charge in [0.25, 0.3) is 0 Å². The minimum atomic E-state index is 0.802. The van der Waals surface area contributed by atoms with E-state index >= 15 is 0 Å². The summed E-state index contributed by atoms with van der Waals surface area (Å²) in [6.07, 6.45) is 0. The average Bonchev–Trinajstić information content (AvgIpc) is 3.88. The maximum atomic E-state index is 6.42. The zero-order chi connectivity index (χ0) is 35.8. The van der Waals surface area contributed by atoms with Crippen LogP contribution in [0.1, 0.15) is 0 Å². The van der Waals surface area contributed by atoms with Crippen molar-refractivity contribution in [3.8, 4) is 28.2 Å². The first-order valence-electron chi connectivity index (χ1n) is 18.7. The third kappa shape index (κ3) is 3.81. The molecule has 0 spiro atoms. The Balaban J connectivity index is 1.11. The largest absolute Gasteiger partial charge is 0.455 e. The molecule has 0 unspecified atom stereocenters. The number of rotatable bonds is 3. The van der Waals surface area contributed by atoms with Gasteiger partial charge in [0.15, 0.2) is 5.82 Å². The summed E-state index contributed by atoms with van der Waals surface area (Å²) in [7, 11) is 0. The van der Waals surface area contributed by atoms with Crippen LogP contribution in [0, 0.1) is 0 Å². The van der Waals surface area contributed by atoms with Crippen molar-refractivity contribution < 1.29 is 4.42 Å². The van der Waals surface area contributed by atoms with Crippen LogP contribution in [0.25, 0.3) is 121 Å². The second-order valence-corrected chi connectivity index (χ2v) is 14.5. The van der Waals surface area contributed by atoms with E-state index in [4.69, 9.17) is 14.4 Å². The quantitative estimate of drug-likeness (QED) is 0.184. The summed E-state index contributed by atoms with van der Waals surface area (Å²) in [6.45, 7) is 0. The molecule has 0 aliphatic rings. The molecular weight excluding hydrogens is 673 g/mol. The summed E-state index contributed by atoms with van der Waals surface area (Å²) in [5.41, 5.74) is 13.3. The SMILES string of the molecule is c1ccc2nc(-n3c4cccc5c6cccc7c8ccccc8n(c8cccc3c8c54)c67)c(-c3ccc(-c4cccc5c4oc4ccccc45)cc3)nc2c1. The van der Waals surface area contributed by atoms with Crippen molar-refractivity contribution in [3.05, 3.63) is 170 Å². The minimum Gasteiger partial charge on any atom is -0.455 e. The average molecular weight is 701 g/mol. The van der Waals surface area contributed by atoms with E-state index in [1.165, 1.54) is 48.9 Å². The smallest absolute Gasteiger partial charge is 0.165 e. The van der Waals surface area contributed by atoms with Gasteiger partial charge in [-0.05, 0) is 53.4 Å². The molecular formula is C50H28N4O.